The SMILES string of the molecule is O=C(Nc1nnc(-c2cccnc2)o1)c1ccccc1Oc1ccccc1. The van der Waals surface area contributed by atoms with Crippen molar-refractivity contribution in [3.8, 4) is 23.0 Å². The van der Waals surface area contributed by atoms with Crippen molar-refractivity contribution in [3.05, 3.63) is 84.7 Å². The fourth-order valence-electron chi connectivity index (χ4n) is 2.40. The maximum atomic E-state index is 12.6. The highest BCUT2D eigenvalue weighted by atomic mass is 16.5. The number of carbonyl (C=O) groups excluding carboxylic acids is 1. The van der Waals surface area contributed by atoms with Gasteiger partial charge in [-0.3, -0.25) is 15.1 Å². The van der Waals surface area contributed by atoms with Crippen LogP contribution in [0, 0.1) is 0 Å². The Labute approximate surface area is 154 Å². The number of hydrogen-bond acceptors (Lipinski definition) is 6. The second kappa shape index (κ2) is 7.49. The summed E-state index contributed by atoms with van der Waals surface area (Å²) in [6.07, 6.45) is 3.24. The van der Waals surface area contributed by atoms with Gasteiger partial charge in [-0.05, 0) is 36.4 Å². The maximum Gasteiger partial charge on any atom is 0.322 e. The average Bonchev–Trinajstić information content (AvgIpc) is 3.18. The minimum Gasteiger partial charge on any atom is -0.457 e. The van der Waals surface area contributed by atoms with Crippen molar-refractivity contribution in [1.82, 2.24) is 15.2 Å². The molecule has 27 heavy (non-hydrogen) atoms. The van der Waals surface area contributed by atoms with Crippen LogP contribution in [0.1, 0.15) is 10.4 Å². The van der Waals surface area contributed by atoms with Crippen molar-refractivity contribution in [2.24, 2.45) is 0 Å². The third-order valence-electron chi connectivity index (χ3n) is 3.66. The van der Waals surface area contributed by atoms with Crippen LogP contribution in [0.5, 0.6) is 11.5 Å². The molecule has 1 amide bonds. The van der Waals surface area contributed by atoms with Gasteiger partial charge in [0.15, 0.2) is 0 Å². The quantitative estimate of drug-likeness (QED) is 0.576. The lowest BCUT2D eigenvalue weighted by atomic mass is 10.2. The lowest BCUT2D eigenvalue weighted by molar-refractivity contribution is 0.102. The van der Waals surface area contributed by atoms with Crippen LogP contribution in [0.25, 0.3) is 11.5 Å². The normalized spacial score (nSPS) is 10.4. The van der Waals surface area contributed by atoms with Gasteiger partial charge in [0, 0.05) is 12.4 Å². The Bertz CT molecular complexity index is 1050. The van der Waals surface area contributed by atoms with Crippen LogP contribution in [0.15, 0.2) is 83.5 Å². The zero-order valence-electron chi connectivity index (χ0n) is 14.1. The van der Waals surface area contributed by atoms with Crippen molar-refractivity contribution < 1.29 is 13.9 Å². The fourth-order valence-corrected chi connectivity index (χ4v) is 2.40. The minimum atomic E-state index is -0.414. The van der Waals surface area contributed by atoms with Gasteiger partial charge >= 0.3 is 6.01 Å². The number of benzene rings is 2. The largest absolute Gasteiger partial charge is 0.457 e. The molecule has 0 unspecified atom stereocenters. The number of anilines is 1. The van der Waals surface area contributed by atoms with Gasteiger partial charge in [-0.1, -0.05) is 35.4 Å². The highest BCUT2D eigenvalue weighted by Crippen LogP contribution is 2.26. The number of ether oxygens (including phenoxy) is 1. The molecule has 7 heteroatoms. The van der Waals surface area contributed by atoms with Crippen molar-refractivity contribution in [1.29, 1.82) is 0 Å². The van der Waals surface area contributed by atoms with E-state index in [-0.39, 0.29) is 11.9 Å². The Morgan fingerprint density at radius 1 is 0.926 bits per heavy atom. The number of carbonyl (C=O) groups is 1. The lowest BCUT2D eigenvalue weighted by Gasteiger charge is -2.10. The molecule has 0 aliphatic rings. The van der Waals surface area contributed by atoms with E-state index in [0.717, 1.165) is 0 Å². The molecule has 7 nitrogen and oxygen atoms in total. The molecule has 0 bridgehead atoms. The molecule has 1 N–H and O–H groups in total. The molecule has 0 aliphatic carbocycles. The Hall–Kier alpha value is -4.00. The molecular weight excluding hydrogens is 344 g/mol. The molecule has 2 aromatic carbocycles. The van der Waals surface area contributed by atoms with E-state index < -0.39 is 5.91 Å². The molecule has 0 aliphatic heterocycles. The molecule has 0 fully saturated rings. The summed E-state index contributed by atoms with van der Waals surface area (Å²) >= 11 is 0. The third-order valence-corrected chi connectivity index (χ3v) is 3.66. The van der Waals surface area contributed by atoms with Crippen LogP contribution in [-0.4, -0.2) is 21.1 Å². The molecule has 132 valence electrons. The molecule has 4 aromatic rings. The first-order valence-corrected chi connectivity index (χ1v) is 8.17. The molecule has 0 atom stereocenters. The van der Waals surface area contributed by atoms with E-state index in [4.69, 9.17) is 9.15 Å². The van der Waals surface area contributed by atoms with Crippen LogP contribution < -0.4 is 10.1 Å². The van der Waals surface area contributed by atoms with Crippen molar-refractivity contribution in [2.75, 3.05) is 5.32 Å². The first-order chi connectivity index (χ1) is 13.3. The summed E-state index contributed by atoms with van der Waals surface area (Å²) in [4.78, 5) is 16.6. The topological polar surface area (TPSA) is 90.1 Å². The third kappa shape index (κ3) is 3.82. The number of nitrogens with zero attached hydrogens (tertiary/aromatic N) is 3. The number of pyridine rings is 1. The molecular formula is C20H14N4O3. The van der Waals surface area contributed by atoms with E-state index in [1.54, 1.807) is 48.8 Å². The van der Waals surface area contributed by atoms with Crippen LogP contribution in [0.3, 0.4) is 0 Å². The van der Waals surface area contributed by atoms with E-state index in [1.807, 2.05) is 30.3 Å². The summed E-state index contributed by atoms with van der Waals surface area (Å²) in [7, 11) is 0. The van der Waals surface area contributed by atoms with Gasteiger partial charge in [-0.25, -0.2) is 0 Å². The second-order valence-electron chi connectivity index (χ2n) is 5.52. The zero-order valence-corrected chi connectivity index (χ0v) is 14.1. The molecule has 4 rings (SSSR count). The average molecular weight is 358 g/mol. The molecule has 0 saturated heterocycles. The number of rotatable bonds is 5. The number of nitrogens with one attached hydrogen (secondary N) is 1. The summed E-state index contributed by atoms with van der Waals surface area (Å²) < 4.78 is 11.3. The van der Waals surface area contributed by atoms with E-state index in [1.165, 1.54) is 0 Å². The predicted octanol–water partition coefficient (Wildman–Crippen LogP) is 4.18. The van der Waals surface area contributed by atoms with Gasteiger partial charge in [0.25, 0.3) is 11.8 Å². The van der Waals surface area contributed by atoms with Gasteiger partial charge in [0.1, 0.15) is 11.5 Å². The summed E-state index contributed by atoms with van der Waals surface area (Å²) in [5.74, 6) is 0.915. The number of hydrogen-bond donors (Lipinski definition) is 1. The van der Waals surface area contributed by atoms with Gasteiger partial charge < -0.3 is 9.15 Å². The van der Waals surface area contributed by atoms with E-state index >= 15 is 0 Å². The standard InChI is InChI=1S/C20H14N4O3/c25-18(22-20-24-23-19(27-20)14-7-6-12-21-13-14)16-10-4-5-11-17(16)26-15-8-2-1-3-9-15/h1-13H,(H,22,24,25). The Morgan fingerprint density at radius 2 is 1.74 bits per heavy atom. The van der Waals surface area contributed by atoms with Crippen molar-refractivity contribution >= 4 is 11.9 Å². The Morgan fingerprint density at radius 3 is 2.56 bits per heavy atom. The van der Waals surface area contributed by atoms with Crippen LogP contribution in [0.2, 0.25) is 0 Å². The summed E-state index contributed by atoms with van der Waals surface area (Å²) in [5, 5.41) is 10.4. The molecule has 0 radical (unpaired) electrons. The fraction of sp³-hybridized carbons (Fsp3) is 0. The zero-order chi connectivity index (χ0) is 18.5. The Kier molecular flexibility index (Phi) is 4.57. The molecule has 2 heterocycles. The van der Waals surface area contributed by atoms with E-state index in [2.05, 4.69) is 20.5 Å². The summed E-state index contributed by atoms with van der Waals surface area (Å²) in [6.45, 7) is 0. The predicted molar refractivity (Wildman–Crippen MR) is 98.4 cm³/mol. The molecule has 0 spiro atoms. The maximum absolute atomic E-state index is 12.6. The van der Waals surface area contributed by atoms with Crippen LogP contribution in [0.4, 0.5) is 6.01 Å². The van der Waals surface area contributed by atoms with Crippen molar-refractivity contribution in [2.45, 2.75) is 0 Å². The number of amides is 1. The first-order valence-electron chi connectivity index (χ1n) is 8.17. The highest BCUT2D eigenvalue weighted by Gasteiger charge is 2.16. The van der Waals surface area contributed by atoms with Gasteiger partial charge in [-0.15, -0.1) is 5.10 Å². The van der Waals surface area contributed by atoms with Crippen LogP contribution in [-0.2, 0) is 0 Å². The van der Waals surface area contributed by atoms with Crippen molar-refractivity contribution in [3.63, 3.8) is 0 Å². The lowest BCUT2D eigenvalue weighted by Crippen LogP contribution is -2.13. The van der Waals surface area contributed by atoms with E-state index in [9.17, 15) is 4.79 Å². The summed E-state index contributed by atoms with van der Waals surface area (Å²) in [6, 6.07) is 19.7. The second-order valence-corrected chi connectivity index (χ2v) is 5.52. The monoisotopic (exact) mass is 358 g/mol. The van der Waals surface area contributed by atoms with Gasteiger partial charge in [-0.2, -0.15) is 0 Å². The number of para-hydroxylation sites is 2. The van der Waals surface area contributed by atoms with E-state index in [0.29, 0.717) is 22.6 Å². The van der Waals surface area contributed by atoms with Crippen LogP contribution >= 0.6 is 0 Å². The molecule has 2 aromatic heterocycles. The van der Waals surface area contributed by atoms with Gasteiger partial charge in [0.05, 0.1) is 11.1 Å². The first kappa shape index (κ1) is 16.5. The minimum absolute atomic E-state index is 0.00614. The Balaban J connectivity index is 1.53. The van der Waals surface area contributed by atoms with Gasteiger partial charge in [0.2, 0.25) is 0 Å². The molecule has 0 saturated carbocycles. The number of aromatic nitrogens is 3. The summed E-state index contributed by atoms with van der Waals surface area (Å²) in [5.41, 5.74) is 1.01. The highest BCUT2D eigenvalue weighted by molar-refractivity contribution is 6.05. The smallest absolute Gasteiger partial charge is 0.322 e.